The molecule has 138 valence electrons. The minimum atomic E-state index is -3.42. The summed E-state index contributed by atoms with van der Waals surface area (Å²) in [5.41, 5.74) is 0. The van der Waals surface area contributed by atoms with Crippen molar-refractivity contribution < 1.29 is 6.51 Å². The van der Waals surface area contributed by atoms with Crippen molar-refractivity contribution in [2.75, 3.05) is 6.54 Å². The SMILES string of the molecule is CCN[C@@]12[CH]3[CH]4[CH]5[C]1(P(c1ccccc1)c1ccccc1)[Fe]45321678[CH]2[CH]1[CH]6[CH]7[CH]28. The topological polar surface area (TPSA) is 12.0 Å². The Balaban J connectivity index is 1.30. The van der Waals surface area contributed by atoms with Crippen LogP contribution in [0, 0.1) is 0 Å². The first-order valence-corrected chi connectivity index (χ1v) is 18.5. The van der Waals surface area contributed by atoms with Crippen LogP contribution in [-0.2, 0) is 6.51 Å². The molecule has 0 aliphatic carbocycles. The maximum atomic E-state index is 4.41. The second-order valence-corrected chi connectivity index (χ2v) is 39.3. The molecule has 1 N–H and O–H groups in total. The van der Waals surface area contributed by atoms with E-state index < -0.39 is 6.51 Å². The van der Waals surface area contributed by atoms with Crippen LogP contribution in [0.1, 0.15) is 6.92 Å². The summed E-state index contributed by atoms with van der Waals surface area (Å²) in [4.78, 5) is 10.7. The fraction of sp³-hybridized carbons (Fsp3) is 0.500. The third-order valence-electron chi connectivity index (χ3n) is 17.6. The molecule has 27 heavy (non-hydrogen) atoms. The number of fused-ring (bicyclic) bond motifs is 10. The van der Waals surface area contributed by atoms with Crippen LogP contribution in [0.3, 0.4) is 0 Å². The molecule has 0 saturated carbocycles. The Morgan fingerprint density at radius 2 is 1.30 bits per heavy atom. The summed E-state index contributed by atoms with van der Waals surface area (Å²) >= 11 is 0. The Labute approximate surface area is 151 Å². The van der Waals surface area contributed by atoms with E-state index in [1.165, 1.54) is 45.1 Å². The van der Waals surface area contributed by atoms with Crippen LogP contribution in [0.2, 0.25) is 38.5 Å². The summed E-state index contributed by atoms with van der Waals surface area (Å²) in [5.74, 6) is 0. The Bertz CT molecular complexity index is 1470. The van der Waals surface area contributed by atoms with Crippen molar-refractivity contribution >= 4 is 18.5 Å². The van der Waals surface area contributed by atoms with Crippen LogP contribution in [0.25, 0.3) is 0 Å². The van der Waals surface area contributed by atoms with E-state index >= 15 is 0 Å². The Kier molecular flexibility index (Phi) is 0.658. The van der Waals surface area contributed by atoms with Crippen LogP contribution in [0.15, 0.2) is 60.7 Å². The van der Waals surface area contributed by atoms with Crippen molar-refractivity contribution in [2.45, 2.75) is 53.9 Å². The fourth-order valence-electron chi connectivity index (χ4n) is 19.5. The van der Waals surface area contributed by atoms with E-state index in [0.717, 1.165) is 8.49 Å². The molecule has 2 aromatic carbocycles. The molecule has 10 heterocycles. The predicted octanol–water partition coefficient (Wildman–Crippen LogP) is 4.93. The molecule has 0 amide bonds. The first-order chi connectivity index (χ1) is 13.1. The van der Waals surface area contributed by atoms with Crippen molar-refractivity contribution in [1.82, 2.24) is 5.32 Å². The van der Waals surface area contributed by atoms with Gasteiger partial charge in [-0.3, -0.25) is 0 Å². The summed E-state index contributed by atoms with van der Waals surface area (Å²) in [7, 11) is -0.191. The van der Waals surface area contributed by atoms with Crippen molar-refractivity contribution in [3.63, 3.8) is 0 Å². The van der Waals surface area contributed by atoms with Crippen molar-refractivity contribution in [1.29, 1.82) is 0 Å². The Morgan fingerprint density at radius 3 is 1.70 bits per heavy atom. The van der Waals surface area contributed by atoms with E-state index in [9.17, 15) is 0 Å². The maximum absolute atomic E-state index is 4.41. The zero-order chi connectivity index (χ0) is 17.2. The van der Waals surface area contributed by atoms with E-state index in [1.54, 1.807) is 10.6 Å². The van der Waals surface area contributed by atoms with E-state index in [1.807, 2.05) is 0 Å². The quantitative estimate of drug-likeness (QED) is 0.541. The van der Waals surface area contributed by atoms with Gasteiger partial charge in [-0.1, -0.05) is 0 Å². The number of hydrogen-bond donors (Lipinski definition) is 1. The molecule has 1 spiro atoms. The molecule has 10 aliphatic rings. The van der Waals surface area contributed by atoms with E-state index in [-0.39, 0.29) is 7.92 Å². The number of rotatable bonds is 5. The summed E-state index contributed by atoms with van der Waals surface area (Å²) in [6, 6.07) is 23.7. The van der Waals surface area contributed by atoms with Gasteiger partial charge in [-0.2, -0.15) is 0 Å². The summed E-state index contributed by atoms with van der Waals surface area (Å²) in [5, 5.41) is 7.83. The zero-order valence-corrected chi connectivity index (χ0v) is 17.4. The summed E-state index contributed by atoms with van der Waals surface area (Å²) in [6.07, 6.45) is 0. The summed E-state index contributed by atoms with van der Waals surface area (Å²) in [6.45, 7) is 0.218. The predicted molar refractivity (Wildman–Crippen MR) is 108 cm³/mol. The zero-order valence-electron chi connectivity index (χ0n) is 15.4. The van der Waals surface area contributed by atoms with Gasteiger partial charge >= 0.3 is 152 Å². The molecular weight excluding hydrogens is 389 g/mol. The normalized spacial score (nSPS) is 82.1. The third-order valence-corrected chi connectivity index (χ3v) is 67.2. The van der Waals surface area contributed by atoms with Crippen LogP contribution >= 0.6 is 7.92 Å². The molecule has 2 aromatic rings. The number of benzene rings is 2. The monoisotopic (exact) mass is 413 g/mol. The second kappa shape index (κ2) is 1.46. The average molecular weight is 413 g/mol. The van der Waals surface area contributed by atoms with Gasteiger partial charge in [0.25, 0.3) is 0 Å². The van der Waals surface area contributed by atoms with Crippen LogP contribution in [0.4, 0.5) is 0 Å². The molecule has 0 radical (unpaired) electrons. The first kappa shape index (κ1) is 12.1. The molecule has 0 bridgehead atoms. The molecule has 10 fully saturated rings. The van der Waals surface area contributed by atoms with Crippen LogP contribution in [-0.4, -0.2) is 15.0 Å². The molecular formula is C24H24FeNP. The Morgan fingerprint density at radius 1 is 0.778 bits per heavy atom. The van der Waals surface area contributed by atoms with Gasteiger partial charge < -0.3 is 0 Å². The molecule has 12 rings (SSSR count). The number of nitrogens with one attached hydrogen (secondary N) is 1. The van der Waals surface area contributed by atoms with E-state index in [0.29, 0.717) is 0 Å². The van der Waals surface area contributed by atoms with Crippen molar-refractivity contribution in [3.05, 3.63) is 60.7 Å². The van der Waals surface area contributed by atoms with Gasteiger partial charge in [0, 0.05) is 0 Å². The molecule has 3 heteroatoms. The van der Waals surface area contributed by atoms with Crippen LogP contribution < -0.4 is 15.9 Å². The van der Waals surface area contributed by atoms with E-state index in [2.05, 4.69) is 72.9 Å². The number of hydrogen-bond acceptors (Lipinski definition) is 1. The van der Waals surface area contributed by atoms with Gasteiger partial charge in [0.2, 0.25) is 0 Å². The first-order valence-electron chi connectivity index (χ1n) is 11.0. The molecule has 10 aliphatic heterocycles. The average Bonchev–Trinajstić information content (AvgIpc) is 3.66. The molecule has 1 nitrogen and oxygen atoms in total. The van der Waals surface area contributed by atoms with Gasteiger partial charge in [-0.05, 0) is 0 Å². The molecule has 0 aromatic heterocycles. The Hall–Kier alpha value is -0.651. The van der Waals surface area contributed by atoms with Crippen molar-refractivity contribution in [2.24, 2.45) is 0 Å². The van der Waals surface area contributed by atoms with Gasteiger partial charge in [-0.15, -0.1) is 0 Å². The third kappa shape index (κ3) is 0.204. The van der Waals surface area contributed by atoms with Crippen LogP contribution in [0.5, 0.6) is 0 Å². The summed E-state index contributed by atoms with van der Waals surface area (Å²) < 4.78 is 1.57. The van der Waals surface area contributed by atoms with Gasteiger partial charge in [0.1, 0.15) is 0 Å². The standard InChI is InChI=1S/C19H19NP.C5H5.Fe/c1-2-20-18-14-9-15-19(18)21(16-10-5-3-6-11-16)17-12-7-4-8-13-17;1-2-4-5-3-1;/h3-15,20H,2H2,1H3;1-5H;. The van der Waals surface area contributed by atoms with E-state index in [4.69, 9.17) is 0 Å². The van der Waals surface area contributed by atoms with Crippen molar-refractivity contribution in [3.8, 4) is 0 Å². The second-order valence-electron chi connectivity index (χ2n) is 13.2. The molecule has 5 atom stereocenters. The molecule has 10 saturated heterocycles. The minimum absolute atomic E-state index is 0.191. The fourth-order valence-corrected chi connectivity index (χ4v) is 109. The molecule has 4 unspecified atom stereocenters. The van der Waals surface area contributed by atoms with Gasteiger partial charge in [0.15, 0.2) is 0 Å². The van der Waals surface area contributed by atoms with Gasteiger partial charge in [0.05, 0.1) is 0 Å². The van der Waals surface area contributed by atoms with Gasteiger partial charge in [-0.25, -0.2) is 0 Å².